The standard InChI is InChI=1S/C51H69FN8.C2H7N/c1-11-14-19-45(13-3)58(10)41(9)46-22-21-44(32-42(46)12-2)55-25-17-15-16-24-53-36(4)35-60-30-28-59(29-31-60)27-18-26-54-39(7)51-37(5)50(57-40(51)8)34-47-38(6)56-49-23-20-43(52)33-48(47)49;1-3-2/h11-13,20-23,32-34,45,53-57H,1-4,6-7,9,14-19,24-31,35H2,5,8,10H3;3H,1-2H3/b47-34+;. The molecule has 5 rings (SSSR count). The van der Waals surface area contributed by atoms with Crippen LogP contribution in [-0.2, 0) is 0 Å². The summed E-state index contributed by atoms with van der Waals surface area (Å²) in [6.45, 7) is 42.3. The van der Waals surface area contributed by atoms with Gasteiger partial charge in [0.25, 0.3) is 0 Å². The molecule has 0 radical (unpaired) electrons. The van der Waals surface area contributed by atoms with Gasteiger partial charge in [0.05, 0.1) is 0 Å². The predicted molar refractivity (Wildman–Crippen MR) is 273 cm³/mol. The van der Waals surface area contributed by atoms with Crippen molar-refractivity contribution in [3.63, 3.8) is 0 Å². The molecular formula is C53H76FN9. The summed E-state index contributed by atoms with van der Waals surface area (Å²) in [5, 5.41) is 16.0. The van der Waals surface area contributed by atoms with Gasteiger partial charge in [-0.2, -0.15) is 0 Å². The average Bonchev–Trinajstić information content (AvgIpc) is 3.74. The SMILES string of the molecule is C=CCCC(C=C)N(C)C(=C)c1ccc(NCCCCCNC(=C)CN2CCN(CCCNC(=C)c3c(C)[nH]c(/C=c4\c(=C)[nH]c5ccc(F)cc45)c3C)CC2)cc1C=C.CNC. The number of anilines is 1. The fraction of sp³-hybridized carbons (Fsp3) is 0.396. The first-order valence-electron chi connectivity index (χ1n) is 22.6. The molecular weight excluding hydrogens is 782 g/mol. The van der Waals surface area contributed by atoms with E-state index in [-0.39, 0.29) is 11.9 Å². The molecule has 340 valence electrons. The Balaban J connectivity index is 0.00000282. The molecule has 1 atom stereocenters. The van der Waals surface area contributed by atoms with Crippen LogP contribution in [0.25, 0.3) is 41.0 Å². The number of hydrogen-bond acceptors (Lipinski definition) is 7. The average molecular weight is 858 g/mol. The summed E-state index contributed by atoms with van der Waals surface area (Å²) >= 11 is 0. The lowest BCUT2D eigenvalue weighted by Crippen LogP contribution is -2.48. The van der Waals surface area contributed by atoms with Gasteiger partial charge in [-0.25, -0.2) is 4.39 Å². The number of benzene rings is 2. The van der Waals surface area contributed by atoms with Gasteiger partial charge in [0.1, 0.15) is 5.82 Å². The summed E-state index contributed by atoms with van der Waals surface area (Å²) in [5.41, 5.74) is 11.4. The zero-order chi connectivity index (χ0) is 45.9. The van der Waals surface area contributed by atoms with E-state index < -0.39 is 0 Å². The van der Waals surface area contributed by atoms with Crippen LogP contribution in [0.2, 0.25) is 0 Å². The number of halogens is 1. The number of H-pyrrole nitrogens is 2. The molecule has 63 heavy (non-hydrogen) atoms. The minimum atomic E-state index is -0.260. The van der Waals surface area contributed by atoms with Crippen LogP contribution in [0.4, 0.5) is 10.1 Å². The van der Waals surface area contributed by atoms with E-state index in [2.05, 4.69) is 137 Å². The molecule has 2 aromatic carbocycles. The van der Waals surface area contributed by atoms with Crippen molar-refractivity contribution in [3.05, 3.63) is 144 Å². The summed E-state index contributed by atoms with van der Waals surface area (Å²) in [7, 11) is 5.82. The molecule has 1 saturated heterocycles. The lowest BCUT2D eigenvalue weighted by atomic mass is 10.0. The first-order valence-corrected chi connectivity index (χ1v) is 22.6. The normalized spacial score (nSPS) is 13.8. The fourth-order valence-electron chi connectivity index (χ4n) is 8.23. The van der Waals surface area contributed by atoms with Crippen LogP contribution in [0.1, 0.15) is 72.2 Å². The van der Waals surface area contributed by atoms with Gasteiger partial charge in [-0.3, -0.25) is 4.90 Å². The van der Waals surface area contributed by atoms with E-state index in [1.165, 1.54) is 6.07 Å². The van der Waals surface area contributed by atoms with Crippen LogP contribution in [0.5, 0.6) is 0 Å². The van der Waals surface area contributed by atoms with Crippen LogP contribution in [0.15, 0.2) is 93.7 Å². The van der Waals surface area contributed by atoms with E-state index in [1.807, 2.05) is 32.3 Å². The molecule has 2 aromatic heterocycles. The number of aryl methyl sites for hydroxylation is 1. The molecule has 10 heteroatoms. The maximum Gasteiger partial charge on any atom is 0.123 e. The highest BCUT2D eigenvalue weighted by atomic mass is 19.1. The van der Waals surface area contributed by atoms with E-state index >= 15 is 0 Å². The van der Waals surface area contributed by atoms with Gasteiger partial charge in [-0.05, 0) is 121 Å². The molecule has 0 spiro atoms. The topological polar surface area (TPSA) is 89.4 Å². The third-order valence-corrected chi connectivity index (χ3v) is 11.8. The minimum absolute atomic E-state index is 0.204. The van der Waals surface area contributed by atoms with Crippen molar-refractivity contribution >= 4 is 46.7 Å². The van der Waals surface area contributed by atoms with Gasteiger partial charge in [0.15, 0.2) is 0 Å². The second-order valence-electron chi connectivity index (χ2n) is 16.6. The lowest BCUT2D eigenvalue weighted by Gasteiger charge is -2.35. The van der Waals surface area contributed by atoms with Crippen molar-refractivity contribution in [2.24, 2.45) is 0 Å². The van der Waals surface area contributed by atoms with Gasteiger partial charge in [0, 0.05) is 132 Å². The third kappa shape index (κ3) is 14.5. The van der Waals surface area contributed by atoms with Crippen molar-refractivity contribution in [2.75, 3.05) is 85.4 Å². The number of nitrogens with zero attached hydrogens (tertiary/aromatic N) is 3. The molecule has 0 aliphatic carbocycles. The second-order valence-corrected chi connectivity index (χ2v) is 16.6. The molecule has 0 amide bonds. The van der Waals surface area contributed by atoms with Gasteiger partial charge in [-0.15, -0.1) is 13.2 Å². The molecule has 1 unspecified atom stereocenters. The molecule has 0 bridgehead atoms. The number of nitrogens with one attached hydrogen (secondary N) is 6. The van der Waals surface area contributed by atoms with E-state index in [0.717, 1.165) is 175 Å². The number of rotatable bonds is 25. The Morgan fingerprint density at radius 2 is 1.59 bits per heavy atom. The highest BCUT2D eigenvalue weighted by molar-refractivity contribution is 5.83. The molecule has 6 N–H and O–H groups in total. The van der Waals surface area contributed by atoms with Crippen LogP contribution in [0, 0.1) is 19.7 Å². The van der Waals surface area contributed by atoms with E-state index in [0.29, 0.717) is 0 Å². The van der Waals surface area contributed by atoms with Crippen molar-refractivity contribution in [1.29, 1.82) is 0 Å². The Labute approximate surface area is 378 Å². The lowest BCUT2D eigenvalue weighted by molar-refractivity contribution is 0.138. The van der Waals surface area contributed by atoms with Crippen molar-refractivity contribution in [3.8, 4) is 0 Å². The quantitative estimate of drug-likeness (QED) is 0.0295. The zero-order valence-corrected chi connectivity index (χ0v) is 39.1. The molecule has 1 aliphatic rings. The summed E-state index contributed by atoms with van der Waals surface area (Å²) in [5.74, 6) is -0.260. The minimum Gasteiger partial charge on any atom is -0.388 e. The number of fused-ring (bicyclic) bond motifs is 1. The smallest absolute Gasteiger partial charge is 0.123 e. The monoisotopic (exact) mass is 858 g/mol. The van der Waals surface area contributed by atoms with E-state index in [9.17, 15) is 4.39 Å². The van der Waals surface area contributed by atoms with E-state index in [1.54, 1.807) is 12.1 Å². The summed E-state index contributed by atoms with van der Waals surface area (Å²) in [6, 6.07) is 11.4. The number of allylic oxidation sites excluding steroid dienone is 1. The maximum atomic E-state index is 14.0. The van der Waals surface area contributed by atoms with Gasteiger partial charge in [0.2, 0.25) is 0 Å². The molecule has 4 aromatic rings. The Morgan fingerprint density at radius 3 is 2.29 bits per heavy atom. The summed E-state index contributed by atoms with van der Waals surface area (Å²) < 4.78 is 14.0. The Hall–Kier alpha value is -5.55. The summed E-state index contributed by atoms with van der Waals surface area (Å²) in [4.78, 5) is 14.0. The first-order chi connectivity index (χ1) is 30.3. The fourth-order valence-corrected chi connectivity index (χ4v) is 8.23. The number of likely N-dealkylation sites (N-methyl/N-ethyl adjacent to an activating group) is 1. The van der Waals surface area contributed by atoms with Crippen LogP contribution < -0.4 is 31.8 Å². The second kappa shape index (κ2) is 25.5. The van der Waals surface area contributed by atoms with Crippen LogP contribution in [0.3, 0.4) is 0 Å². The van der Waals surface area contributed by atoms with Crippen molar-refractivity contribution in [1.82, 2.24) is 40.6 Å². The Bertz CT molecular complexity index is 2270. The van der Waals surface area contributed by atoms with Crippen LogP contribution in [-0.4, -0.2) is 111 Å². The largest absolute Gasteiger partial charge is 0.388 e. The molecule has 9 nitrogen and oxygen atoms in total. The van der Waals surface area contributed by atoms with Crippen molar-refractivity contribution < 1.29 is 4.39 Å². The van der Waals surface area contributed by atoms with Gasteiger partial charge in [-0.1, -0.05) is 57.2 Å². The number of hydrogen-bond donors (Lipinski definition) is 6. The molecule has 1 fully saturated rings. The number of piperazine rings is 1. The van der Waals surface area contributed by atoms with E-state index in [4.69, 9.17) is 0 Å². The Kier molecular flexibility index (Phi) is 20.3. The first kappa shape index (κ1) is 50.1. The molecule has 3 heterocycles. The Morgan fingerprint density at radius 1 is 0.889 bits per heavy atom. The number of aromatic nitrogens is 2. The zero-order valence-electron chi connectivity index (χ0n) is 39.1. The number of unbranched alkanes of at least 4 members (excludes halogenated alkanes) is 2. The third-order valence-electron chi connectivity index (χ3n) is 11.8. The van der Waals surface area contributed by atoms with Gasteiger partial charge >= 0.3 is 0 Å². The number of aromatic amines is 2. The van der Waals surface area contributed by atoms with Gasteiger partial charge < -0.3 is 41.0 Å². The highest BCUT2D eigenvalue weighted by Crippen LogP contribution is 2.28. The van der Waals surface area contributed by atoms with Crippen LogP contribution >= 0.6 is 0 Å². The van der Waals surface area contributed by atoms with Crippen molar-refractivity contribution in [2.45, 2.75) is 58.4 Å². The molecule has 1 aliphatic heterocycles. The summed E-state index contributed by atoms with van der Waals surface area (Å²) in [6.07, 6.45) is 14.2. The predicted octanol–water partition coefficient (Wildman–Crippen LogP) is 8.35. The molecule has 0 saturated carbocycles. The maximum absolute atomic E-state index is 14.0. The highest BCUT2D eigenvalue weighted by Gasteiger charge is 2.19.